The molecule has 2 rings (SSSR count). The second kappa shape index (κ2) is 6.22. The molecular formula is C12H19BrN2O2S2. The van der Waals surface area contributed by atoms with Crippen molar-refractivity contribution in [2.75, 3.05) is 19.6 Å². The predicted molar refractivity (Wildman–Crippen MR) is 82.2 cm³/mol. The number of halogens is 1. The van der Waals surface area contributed by atoms with Crippen molar-refractivity contribution in [1.82, 2.24) is 9.62 Å². The molecule has 0 aromatic carbocycles. The quantitative estimate of drug-likeness (QED) is 0.870. The van der Waals surface area contributed by atoms with Crippen molar-refractivity contribution in [2.24, 2.45) is 0 Å². The van der Waals surface area contributed by atoms with Gasteiger partial charge < -0.3 is 5.32 Å². The number of nitrogens with one attached hydrogen (secondary N) is 1. The topological polar surface area (TPSA) is 49.4 Å². The molecule has 1 fully saturated rings. The molecule has 2 heterocycles. The largest absolute Gasteiger partial charge is 0.315 e. The molecule has 19 heavy (non-hydrogen) atoms. The zero-order chi connectivity index (χ0) is 14.0. The highest BCUT2D eigenvalue weighted by Crippen LogP contribution is 2.33. The van der Waals surface area contributed by atoms with Gasteiger partial charge in [0.2, 0.25) is 0 Å². The van der Waals surface area contributed by atoms with E-state index in [0.717, 1.165) is 35.3 Å². The van der Waals surface area contributed by atoms with Gasteiger partial charge in [-0.3, -0.25) is 0 Å². The summed E-state index contributed by atoms with van der Waals surface area (Å²) in [5.41, 5.74) is 0.976. The van der Waals surface area contributed by atoms with Gasteiger partial charge in [-0.15, -0.1) is 11.3 Å². The Morgan fingerprint density at radius 2 is 2.32 bits per heavy atom. The van der Waals surface area contributed by atoms with Gasteiger partial charge in [0.05, 0.1) is 3.79 Å². The highest BCUT2D eigenvalue weighted by Gasteiger charge is 2.33. The standard InChI is InChI=1S/C12H19BrN2O2S2/c1-3-6-15(10-4-5-14-8-10)19(16,17)11-7-9(2)12(13)18-11/h7,10,14H,3-6,8H2,1-2H3. The van der Waals surface area contributed by atoms with Gasteiger partial charge in [-0.2, -0.15) is 4.31 Å². The SMILES string of the molecule is CCCN(C1CCNC1)S(=O)(=O)c1cc(C)c(Br)s1. The first-order valence-corrected chi connectivity index (χ1v) is 9.50. The molecule has 108 valence electrons. The van der Waals surface area contributed by atoms with Crippen molar-refractivity contribution in [1.29, 1.82) is 0 Å². The maximum absolute atomic E-state index is 12.8. The van der Waals surface area contributed by atoms with Crippen LogP contribution in [0.1, 0.15) is 25.3 Å². The van der Waals surface area contributed by atoms with Crippen LogP contribution in [0, 0.1) is 6.92 Å². The number of thiophene rings is 1. The summed E-state index contributed by atoms with van der Waals surface area (Å²) in [4.78, 5) is 0. The molecule has 0 amide bonds. The Balaban J connectivity index is 2.33. The second-order valence-electron chi connectivity index (χ2n) is 4.78. The van der Waals surface area contributed by atoms with E-state index in [2.05, 4.69) is 21.2 Å². The van der Waals surface area contributed by atoms with Crippen LogP contribution in [0.25, 0.3) is 0 Å². The lowest BCUT2D eigenvalue weighted by Gasteiger charge is -2.26. The third-order valence-electron chi connectivity index (χ3n) is 3.28. The molecule has 0 spiro atoms. The third kappa shape index (κ3) is 3.21. The van der Waals surface area contributed by atoms with Crippen LogP contribution in [0.3, 0.4) is 0 Å². The van der Waals surface area contributed by atoms with E-state index in [-0.39, 0.29) is 6.04 Å². The Bertz CT molecular complexity index is 516. The molecule has 1 N–H and O–H groups in total. The molecule has 0 radical (unpaired) electrons. The predicted octanol–water partition coefficient (Wildman–Crippen LogP) is 2.58. The minimum absolute atomic E-state index is 0.0890. The number of hydrogen-bond acceptors (Lipinski definition) is 4. The van der Waals surface area contributed by atoms with Crippen LogP contribution in [0.15, 0.2) is 14.1 Å². The van der Waals surface area contributed by atoms with Crippen LogP contribution < -0.4 is 5.32 Å². The summed E-state index contributed by atoms with van der Waals surface area (Å²) in [6, 6.07) is 1.85. The first-order valence-electron chi connectivity index (χ1n) is 6.45. The van der Waals surface area contributed by atoms with Gasteiger partial charge in [0, 0.05) is 19.1 Å². The molecule has 1 saturated heterocycles. The van der Waals surface area contributed by atoms with E-state index in [1.54, 1.807) is 10.4 Å². The van der Waals surface area contributed by atoms with E-state index in [1.807, 2.05) is 13.8 Å². The molecule has 1 aromatic heterocycles. The fourth-order valence-electron chi connectivity index (χ4n) is 2.28. The first kappa shape index (κ1) is 15.4. The molecule has 1 atom stereocenters. The average molecular weight is 367 g/mol. The van der Waals surface area contributed by atoms with Crippen LogP contribution in [0.5, 0.6) is 0 Å². The van der Waals surface area contributed by atoms with Crippen LogP contribution >= 0.6 is 27.3 Å². The Labute approximate surface area is 127 Å². The fraction of sp³-hybridized carbons (Fsp3) is 0.667. The zero-order valence-corrected chi connectivity index (χ0v) is 14.4. The molecule has 7 heteroatoms. The van der Waals surface area contributed by atoms with E-state index in [4.69, 9.17) is 0 Å². The lowest BCUT2D eigenvalue weighted by molar-refractivity contribution is 0.336. The zero-order valence-electron chi connectivity index (χ0n) is 11.1. The van der Waals surface area contributed by atoms with Gasteiger partial charge >= 0.3 is 0 Å². The summed E-state index contributed by atoms with van der Waals surface area (Å²) in [6.07, 6.45) is 1.73. The maximum atomic E-state index is 12.8. The Kier molecular flexibility index (Phi) is 5.05. The molecule has 0 saturated carbocycles. The fourth-order valence-corrected chi connectivity index (χ4v) is 6.38. The van der Waals surface area contributed by atoms with Gasteiger partial charge in [0.1, 0.15) is 4.21 Å². The monoisotopic (exact) mass is 366 g/mol. The number of sulfonamides is 1. The average Bonchev–Trinajstić information content (AvgIpc) is 2.97. The van der Waals surface area contributed by atoms with Crippen molar-refractivity contribution in [3.05, 3.63) is 15.4 Å². The highest BCUT2D eigenvalue weighted by atomic mass is 79.9. The molecule has 1 aliphatic heterocycles. The van der Waals surface area contributed by atoms with Crippen molar-refractivity contribution in [2.45, 2.75) is 36.9 Å². The maximum Gasteiger partial charge on any atom is 0.252 e. The summed E-state index contributed by atoms with van der Waals surface area (Å²) in [7, 11) is -3.37. The van der Waals surface area contributed by atoms with Crippen molar-refractivity contribution < 1.29 is 8.42 Å². The molecule has 0 aliphatic carbocycles. The molecule has 4 nitrogen and oxygen atoms in total. The number of aryl methyl sites for hydroxylation is 1. The summed E-state index contributed by atoms with van der Waals surface area (Å²) >= 11 is 4.70. The van der Waals surface area contributed by atoms with E-state index < -0.39 is 10.0 Å². The van der Waals surface area contributed by atoms with E-state index in [9.17, 15) is 8.42 Å². The molecule has 0 bridgehead atoms. The number of hydrogen-bond donors (Lipinski definition) is 1. The van der Waals surface area contributed by atoms with Gasteiger partial charge in [-0.25, -0.2) is 8.42 Å². The van der Waals surface area contributed by atoms with Crippen molar-refractivity contribution in [3.63, 3.8) is 0 Å². The summed E-state index contributed by atoms with van der Waals surface area (Å²) < 4.78 is 28.5. The highest BCUT2D eigenvalue weighted by molar-refractivity contribution is 9.11. The lowest BCUT2D eigenvalue weighted by atomic mass is 10.2. The van der Waals surface area contributed by atoms with Crippen molar-refractivity contribution >= 4 is 37.3 Å². The van der Waals surface area contributed by atoms with Crippen LogP contribution in [0.2, 0.25) is 0 Å². The smallest absolute Gasteiger partial charge is 0.252 e. The van der Waals surface area contributed by atoms with Gasteiger partial charge in [0.25, 0.3) is 10.0 Å². The summed E-state index contributed by atoms with van der Waals surface area (Å²) in [6.45, 7) is 6.17. The van der Waals surface area contributed by atoms with Gasteiger partial charge in [0.15, 0.2) is 0 Å². The number of nitrogens with zero attached hydrogens (tertiary/aromatic N) is 1. The Morgan fingerprint density at radius 1 is 1.58 bits per heavy atom. The Morgan fingerprint density at radius 3 is 2.79 bits per heavy atom. The van der Waals surface area contributed by atoms with Gasteiger partial charge in [-0.1, -0.05) is 6.92 Å². The van der Waals surface area contributed by atoms with Crippen molar-refractivity contribution in [3.8, 4) is 0 Å². The van der Waals surface area contributed by atoms with E-state index >= 15 is 0 Å². The summed E-state index contributed by atoms with van der Waals surface area (Å²) in [5.74, 6) is 0. The molecule has 1 unspecified atom stereocenters. The van der Waals surface area contributed by atoms with Crippen LogP contribution in [-0.4, -0.2) is 38.4 Å². The van der Waals surface area contributed by atoms with Crippen LogP contribution in [-0.2, 0) is 10.0 Å². The van der Waals surface area contributed by atoms with Gasteiger partial charge in [-0.05, 0) is 53.9 Å². The first-order chi connectivity index (χ1) is 8.96. The Hall–Kier alpha value is 0.0500. The molecular weight excluding hydrogens is 348 g/mol. The van der Waals surface area contributed by atoms with E-state index in [0.29, 0.717) is 10.8 Å². The lowest BCUT2D eigenvalue weighted by Crippen LogP contribution is -2.41. The second-order valence-corrected chi connectivity index (χ2v) is 9.27. The molecule has 1 aromatic rings. The number of rotatable bonds is 5. The third-order valence-corrected chi connectivity index (χ3v) is 7.82. The van der Waals surface area contributed by atoms with E-state index in [1.165, 1.54) is 11.3 Å². The molecule has 1 aliphatic rings. The summed E-state index contributed by atoms with van der Waals surface area (Å²) in [5, 5.41) is 3.24. The normalized spacial score (nSPS) is 20.3. The minimum atomic E-state index is -3.37. The van der Waals surface area contributed by atoms with Crippen LogP contribution in [0.4, 0.5) is 0 Å². The minimum Gasteiger partial charge on any atom is -0.315 e.